The second-order valence-corrected chi connectivity index (χ2v) is 5.59. The Labute approximate surface area is 145 Å². The Hall–Kier alpha value is -3.15. The summed E-state index contributed by atoms with van der Waals surface area (Å²) >= 11 is 0. The van der Waals surface area contributed by atoms with E-state index in [0.717, 1.165) is 5.56 Å². The highest BCUT2D eigenvalue weighted by atomic mass is 19.1. The summed E-state index contributed by atoms with van der Waals surface area (Å²) in [6.45, 7) is 0. The van der Waals surface area contributed by atoms with Crippen LogP contribution in [0.15, 0.2) is 60.9 Å². The number of halogens is 1. The first-order chi connectivity index (χ1) is 12.1. The van der Waals surface area contributed by atoms with Crippen molar-refractivity contribution in [1.82, 2.24) is 14.9 Å². The zero-order valence-electron chi connectivity index (χ0n) is 13.9. The van der Waals surface area contributed by atoms with E-state index >= 15 is 0 Å². The Morgan fingerprint density at radius 2 is 2.00 bits per heavy atom. The quantitative estimate of drug-likeness (QED) is 0.777. The molecule has 0 aliphatic heterocycles. The fraction of sp³-hybridized carbons (Fsp3) is 0.158. The lowest BCUT2D eigenvalue weighted by molar-refractivity contribution is 0.0941. The lowest BCUT2D eigenvalue weighted by Gasteiger charge is -2.20. The van der Waals surface area contributed by atoms with Crippen LogP contribution in [0.25, 0.3) is 0 Å². The van der Waals surface area contributed by atoms with Crippen LogP contribution >= 0.6 is 0 Å². The van der Waals surface area contributed by atoms with Crippen LogP contribution in [0.4, 0.5) is 4.39 Å². The zero-order valence-corrected chi connectivity index (χ0v) is 13.9. The van der Waals surface area contributed by atoms with Crippen LogP contribution in [0.5, 0.6) is 5.75 Å². The largest absolute Gasteiger partial charge is 0.497 e. The number of nitrogens with zero attached hydrogens (tertiary/aromatic N) is 2. The molecule has 3 rings (SSSR count). The van der Waals surface area contributed by atoms with Gasteiger partial charge in [-0.2, -0.15) is 0 Å². The van der Waals surface area contributed by atoms with Gasteiger partial charge in [0.25, 0.3) is 5.91 Å². The minimum Gasteiger partial charge on any atom is -0.497 e. The van der Waals surface area contributed by atoms with Crippen LogP contribution in [-0.2, 0) is 7.05 Å². The van der Waals surface area contributed by atoms with E-state index < -0.39 is 6.04 Å². The lowest BCUT2D eigenvalue weighted by atomic mass is 10.0. The molecule has 0 aliphatic carbocycles. The molecular formula is C19H18FN3O2. The van der Waals surface area contributed by atoms with Gasteiger partial charge < -0.3 is 14.6 Å². The summed E-state index contributed by atoms with van der Waals surface area (Å²) in [7, 11) is 3.45. The highest BCUT2D eigenvalue weighted by Gasteiger charge is 2.22. The maximum absolute atomic E-state index is 13.1. The van der Waals surface area contributed by atoms with Gasteiger partial charge in [-0.1, -0.05) is 12.1 Å². The van der Waals surface area contributed by atoms with Crippen molar-refractivity contribution in [2.45, 2.75) is 6.04 Å². The third kappa shape index (κ3) is 3.68. The van der Waals surface area contributed by atoms with Crippen LogP contribution < -0.4 is 10.1 Å². The number of amides is 1. The summed E-state index contributed by atoms with van der Waals surface area (Å²) in [4.78, 5) is 17.0. The maximum atomic E-state index is 13.1. The number of ether oxygens (including phenoxy) is 1. The molecule has 0 saturated carbocycles. The summed E-state index contributed by atoms with van der Waals surface area (Å²) in [5.41, 5.74) is 1.22. The van der Waals surface area contributed by atoms with Crippen LogP contribution in [0.2, 0.25) is 0 Å². The number of aromatic nitrogens is 2. The summed E-state index contributed by atoms with van der Waals surface area (Å²) in [5.74, 6) is 0.678. The molecule has 1 N–H and O–H groups in total. The lowest BCUT2D eigenvalue weighted by Crippen LogP contribution is -2.31. The molecule has 1 aromatic heterocycles. The first kappa shape index (κ1) is 16.7. The molecule has 25 heavy (non-hydrogen) atoms. The Morgan fingerprint density at radius 3 is 2.64 bits per heavy atom. The fourth-order valence-electron chi connectivity index (χ4n) is 2.59. The zero-order chi connectivity index (χ0) is 17.8. The summed E-state index contributed by atoms with van der Waals surface area (Å²) in [6.07, 6.45) is 3.49. The second kappa shape index (κ2) is 7.17. The van der Waals surface area contributed by atoms with Crippen LogP contribution in [0.3, 0.4) is 0 Å². The van der Waals surface area contributed by atoms with Gasteiger partial charge >= 0.3 is 0 Å². The molecule has 1 amide bonds. The van der Waals surface area contributed by atoms with E-state index in [1.807, 2.05) is 42.1 Å². The number of benzene rings is 2. The van der Waals surface area contributed by atoms with Gasteiger partial charge in [-0.25, -0.2) is 9.37 Å². The third-order valence-corrected chi connectivity index (χ3v) is 3.93. The number of methoxy groups -OCH3 is 1. The van der Waals surface area contributed by atoms with E-state index in [1.54, 1.807) is 13.3 Å². The van der Waals surface area contributed by atoms with E-state index in [2.05, 4.69) is 10.3 Å². The van der Waals surface area contributed by atoms with Crippen molar-refractivity contribution in [1.29, 1.82) is 0 Å². The minimum atomic E-state index is -0.465. The standard InChI is InChI=1S/C19H18FN3O2/c1-23-11-10-21-18(23)17(14-4-3-5-16(12-14)25-2)22-19(24)13-6-8-15(20)9-7-13/h3-12,17H,1-2H3,(H,22,24). The number of aryl methyl sites for hydroxylation is 1. The Balaban J connectivity index is 1.95. The van der Waals surface area contributed by atoms with Gasteiger partial charge in [0.15, 0.2) is 0 Å². The van der Waals surface area contributed by atoms with Crippen molar-refractivity contribution < 1.29 is 13.9 Å². The molecule has 0 spiro atoms. The predicted octanol–water partition coefficient (Wildman–Crippen LogP) is 3.09. The van der Waals surface area contributed by atoms with Crippen LogP contribution in [-0.4, -0.2) is 22.6 Å². The Bertz CT molecular complexity index is 874. The molecule has 0 bridgehead atoms. The number of imidazole rings is 1. The van der Waals surface area contributed by atoms with Gasteiger partial charge in [-0.15, -0.1) is 0 Å². The van der Waals surface area contributed by atoms with Crippen molar-refractivity contribution in [3.05, 3.63) is 83.7 Å². The van der Waals surface area contributed by atoms with Gasteiger partial charge in [-0.3, -0.25) is 4.79 Å². The molecule has 1 unspecified atom stereocenters. The number of carbonyl (C=O) groups is 1. The highest BCUT2D eigenvalue weighted by Crippen LogP contribution is 2.24. The predicted molar refractivity (Wildman–Crippen MR) is 91.9 cm³/mol. The maximum Gasteiger partial charge on any atom is 0.252 e. The molecule has 0 aliphatic rings. The second-order valence-electron chi connectivity index (χ2n) is 5.59. The summed E-state index contributed by atoms with van der Waals surface area (Å²) < 4.78 is 20.2. The molecule has 128 valence electrons. The molecule has 2 aromatic carbocycles. The van der Waals surface area contributed by atoms with Crippen LogP contribution in [0.1, 0.15) is 27.8 Å². The van der Waals surface area contributed by atoms with E-state index in [-0.39, 0.29) is 11.7 Å². The van der Waals surface area contributed by atoms with E-state index in [9.17, 15) is 9.18 Å². The fourth-order valence-corrected chi connectivity index (χ4v) is 2.59. The van der Waals surface area contributed by atoms with Gasteiger partial charge in [0, 0.05) is 25.0 Å². The van der Waals surface area contributed by atoms with Crippen molar-refractivity contribution in [2.75, 3.05) is 7.11 Å². The molecule has 5 nitrogen and oxygen atoms in total. The molecule has 1 heterocycles. The van der Waals surface area contributed by atoms with E-state index in [1.165, 1.54) is 24.3 Å². The monoisotopic (exact) mass is 339 g/mol. The van der Waals surface area contributed by atoms with Gasteiger partial charge in [-0.05, 0) is 42.0 Å². The molecule has 6 heteroatoms. The van der Waals surface area contributed by atoms with E-state index in [0.29, 0.717) is 17.1 Å². The Morgan fingerprint density at radius 1 is 1.24 bits per heavy atom. The number of nitrogens with one attached hydrogen (secondary N) is 1. The highest BCUT2D eigenvalue weighted by molar-refractivity contribution is 5.94. The number of hydrogen-bond donors (Lipinski definition) is 1. The molecule has 0 fully saturated rings. The van der Waals surface area contributed by atoms with Gasteiger partial charge in [0.2, 0.25) is 0 Å². The number of carbonyl (C=O) groups excluding carboxylic acids is 1. The first-order valence-corrected chi connectivity index (χ1v) is 7.76. The molecular weight excluding hydrogens is 321 g/mol. The molecule has 0 radical (unpaired) electrons. The topological polar surface area (TPSA) is 56.1 Å². The normalized spacial score (nSPS) is 11.8. The summed E-state index contributed by atoms with van der Waals surface area (Å²) in [6, 6.07) is 12.4. The smallest absolute Gasteiger partial charge is 0.252 e. The molecule has 3 aromatic rings. The minimum absolute atomic E-state index is 0.309. The van der Waals surface area contributed by atoms with Crippen LogP contribution in [0, 0.1) is 5.82 Å². The first-order valence-electron chi connectivity index (χ1n) is 7.76. The molecule has 1 atom stereocenters. The third-order valence-electron chi connectivity index (χ3n) is 3.93. The van der Waals surface area contributed by atoms with Gasteiger partial charge in [0.05, 0.1) is 7.11 Å². The number of hydrogen-bond acceptors (Lipinski definition) is 3. The summed E-state index contributed by atoms with van der Waals surface area (Å²) in [5, 5.41) is 2.96. The van der Waals surface area contributed by atoms with Crippen molar-refractivity contribution in [2.24, 2.45) is 7.05 Å². The van der Waals surface area contributed by atoms with Gasteiger partial charge in [0.1, 0.15) is 23.4 Å². The van der Waals surface area contributed by atoms with Crippen molar-refractivity contribution in [3.8, 4) is 5.75 Å². The SMILES string of the molecule is COc1cccc(C(NC(=O)c2ccc(F)cc2)c2nccn2C)c1. The number of rotatable bonds is 5. The average molecular weight is 339 g/mol. The Kier molecular flexibility index (Phi) is 4.79. The average Bonchev–Trinajstić information content (AvgIpc) is 3.06. The van der Waals surface area contributed by atoms with E-state index in [4.69, 9.17) is 4.74 Å². The molecule has 0 saturated heterocycles. The van der Waals surface area contributed by atoms with Crippen molar-refractivity contribution in [3.63, 3.8) is 0 Å². The van der Waals surface area contributed by atoms with Crippen molar-refractivity contribution >= 4 is 5.91 Å².